The Bertz CT molecular complexity index is 549. The minimum atomic E-state index is 0. The number of nitrogens with zero attached hydrogens (tertiary/aromatic N) is 3. The van der Waals surface area contributed by atoms with Gasteiger partial charge in [-0.1, -0.05) is 19.3 Å². The van der Waals surface area contributed by atoms with Crippen molar-refractivity contribution in [1.29, 1.82) is 0 Å². The molecule has 150 valence electrons. The monoisotopic (exact) mass is 404 g/mol. The van der Waals surface area contributed by atoms with Crippen LogP contribution in [-0.4, -0.2) is 40.2 Å². The molecule has 1 aromatic heterocycles. The first-order valence-electron chi connectivity index (χ1n) is 9.66. The van der Waals surface area contributed by atoms with Crippen LogP contribution in [-0.2, 0) is 11.3 Å². The molecular formula is C19H34Cl2N4O. The van der Waals surface area contributed by atoms with Crippen LogP contribution < -0.4 is 5.73 Å². The molecule has 5 nitrogen and oxygen atoms in total. The van der Waals surface area contributed by atoms with Crippen molar-refractivity contribution in [2.45, 2.75) is 70.8 Å². The molecule has 1 saturated heterocycles. The van der Waals surface area contributed by atoms with Gasteiger partial charge in [0.25, 0.3) is 0 Å². The van der Waals surface area contributed by atoms with Crippen molar-refractivity contribution in [3.8, 4) is 0 Å². The van der Waals surface area contributed by atoms with E-state index in [0.29, 0.717) is 24.8 Å². The topological polar surface area (TPSA) is 64.2 Å². The number of aromatic nitrogens is 2. The molecule has 7 heteroatoms. The quantitative estimate of drug-likeness (QED) is 0.812. The summed E-state index contributed by atoms with van der Waals surface area (Å²) >= 11 is 0. The van der Waals surface area contributed by atoms with Crippen LogP contribution in [0.1, 0.15) is 69.8 Å². The zero-order chi connectivity index (χ0) is 17.0. The summed E-state index contributed by atoms with van der Waals surface area (Å²) in [5.74, 6) is 0.873. The van der Waals surface area contributed by atoms with Gasteiger partial charge < -0.3 is 10.6 Å². The molecular weight excluding hydrogens is 371 g/mol. The lowest BCUT2D eigenvalue weighted by Crippen LogP contribution is -2.43. The number of rotatable bonds is 5. The second kappa shape index (κ2) is 10.5. The fourth-order valence-electron chi connectivity index (χ4n) is 4.41. The molecule has 26 heavy (non-hydrogen) atoms. The Kier molecular flexibility index (Phi) is 9.42. The van der Waals surface area contributed by atoms with E-state index in [1.54, 1.807) is 0 Å². The van der Waals surface area contributed by atoms with Gasteiger partial charge in [-0.05, 0) is 56.0 Å². The van der Waals surface area contributed by atoms with Gasteiger partial charge >= 0.3 is 0 Å². The minimum absolute atomic E-state index is 0. The number of hydrogen-bond acceptors (Lipinski definition) is 3. The molecule has 2 heterocycles. The number of carbonyl (C=O) groups is 1. The van der Waals surface area contributed by atoms with E-state index in [-0.39, 0.29) is 30.2 Å². The van der Waals surface area contributed by atoms with Gasteiger partial charge in [0.1, 0.15) is 0 Å². The summed E-state index contributed by atoms with van der Waals surface area (Å²) < 4.78 is 1.99. The fourth-order valence-corrected chi connectivity index (χ4v) is 4.41. The Labute approximate surface area is 169 Å². The fraction of sp³-hybridized carbons (Fsp3) is 0.789. The van der Waals surface area contributed by atoms with Crippen molar-refractivity contribution in [2.75, 3.05) is 19.6 Å². The Balaban J connectivity index is 0.00000169. The highest BCUT2D eigenvalue weighted by molar-refractivity contribution is 5.85. The number of piperidine rings is 1. The van der Waals surface area contributed by atoms with E-state index in [1.165, 1.54) is 24.8 Å². The van der Waals surface area contributed by atoms with Gasteiger partial charge in [0.2, 0.25) is 5.91 Å². The van der Waals surface area contributed by atoms with Gasteiger partial charge in [0, 0.05) is 32.3 Å². The van der Waals surface area contributed by atoms with Crippen LogP contribution in [0.15, 0.2) is 12.4 Å². The first kappa shape index (κ1) is 23.3. The van der Waals surface area contributed by atoms with Crippen molar-refractivity contribution in [3.05, 3.63) is 18.0 Å². The molecule has 1 amide bonds. The van der Waals surface area contributed by atoms with Crippen molar-refractivity contribution in [1.82, 2.24) is 14.7 Å². The lowest BCUT2D eigenvalue weighted by Gasteiger charge is -2.39. The van der Waals surface area contributed by atoms with Crippen LogP contribution >= 0.6 is 24.8 Å². The lowest BCUT2D eigenvalue weighted by atomic mass is 9.71. The van der Waals surface area contributed by atoms with Crippen molar-refractivity contribution in [2.24, 2.45) is 11.1 Å². The average molecular weight is 405 g/mol. The van der Waals surface area contributed by atoms with Gasteiger partial charge in [-0.15, -0.1) is 24.8 Å². The molecule has 0 aromatic carbocycles. The Morgan fingerprint density at radius 2 is 1.88 bits per heavy atom. The van der Waals surface area contributed by atoms with Gasteiger partial charge in [0.15, 0.2) is 0 Å². The molecule has 3 rings (SSSR count). The molecule has 2 fully saturated rings. The molecule has 1 aliphatic carbocycles. The predicted molar refractivity (Wildman–Crippen MR) is 110 cm³/mol. The van der Waals surface area contributed by atoms with Crippen molar-refractivity contribution in [3.63, 3.8) is 0 Å². The van der Waals surface area contributed by atoms with E-state index in [4.69, 9.17) is 5.73 Å². The second-order valence-electron chi connectivity index (χ2n) is 7.73. The van der Waals surface area contributed by atoms with Gasteiger partial charge in [-0.25, -0.2) is 0 Å². The number of hydrogen-bond donors (Lipinski definition) is 1. The van der Waals surface area contributed by atoms with Crippen LogP contribution in [0.5, 0.6) is 0 Å². The second-order valence-corrected chi connectivity index (χ2v) is 7.73. The molecule has 0 spiro atoms. The number of likely N-dealkylation sites (tertiary alicyclic amines) is 1. The van der Waals surface area contributed by atoms with Crippen LogP contribution in [0.25, 0.3) is 0 Å². The van der Waals surface area contributed by atoms with Crippen LogP contribution in [0.3, 0.4) is 0 Å². The van der Waals surface area contributed by atoms with E-state index in [2.05, 4.69) is 23.1 Å². The number of halogens is 2. The molecule has 1 aromatic rings. The first-order chi connectivity index (χ1) is 11.7. The third kappa shape index (κ3) is 5.37. The SMILES string of the molecule is CCn1cc(C2CCN(C(=O)CC3(CN)CCCCC3)CC2)cn1.Cl.Cl. The standard InChI is InChI=1S/C19H32N4O.2ClH/c1-2-23-14-17(13-21-23)16-6-10-22(11-7-16)18(24)12-19(15-20)8-4-3-5-9-19;;/h13-14,16H,2-12,15,20H2,1H3;2*1H. The lowest BCUT2D eigenvalue weighted by molar-refractivity contribution is -0.135. The Hall–Kier alpha value is -0.780. The normalized spacial score (nSPS) is 20.2. The number of carbonyl (C=O) groups excluding carboxylic acids is 1. The molecule has 0 bridgehead atoms. The smallest absolute Gasteiger partial charge is 0.223 e. The van der Waals surface area contributed by atoms with E-state index in [0.717, 1.165) is 45.3 Å². The van der Waals surface area contributed by atoms with Gasteiger partial charge in [0.05, 0.1) is 6.20 Å². The van der Waals surface area contributed by atoms with Crippen LogP contribution in [0.4, 0.5) is 0 Å². The van der Waals surface area contributed by atoms with E-state index in [9.17, 15) is 4.79 Å². The summed E-state index contributed by atoms with van der Waals surface area (Å²) in [6, 6.07) is 0. The molecule has 2 N–H and O–H groups in total. The maximum atomic E-state index is 12.8. The third-order valence-electron chi connectivity index (χ3n) is 6.17. The van der Waals surface area contributed by atoms with Crippen LogP contribution in [0.2, 0.25) is 0 Å². The maximum absolute atomic E-state index is 12.8. The zero-order valence-corrected chi connectivity index (χ0v) is 17.5. The number of nitrogens with two attached hydrogens (primary N) is 1. The zero-order valence-electron chi connectivity index (χ0n) is 15.9. The van der Waals surface area contributed by atoms with Crippen molar-refractivity contribution < 1.29 is 4.79 Å². The summed E-state index contributed by atoms with van der Waals surface area (Å²) in [4.78, 5) is 14.9. The van der Waals surface area contributed by atoms with Gasteiger partial charge in [-0.2, -0.15) is 5.10 Å². The minimum Gasteiger partial charge on any atom is -0.343 e. The van der Waals surface area contributed by atoms with E-state index in [1.807, 2.05) is 10.9 Å². The molecule has 2 aliphatic rings. The summed E-state index contributed by atoms with van der Waals surface area (Å²) in [5, 5.41) is 4.38. The molecule has 1 saturated carbocycles. The summed E-state index contributed by atoms with van der Waals surface area (Å²) in [7, 11) is 0. The molecule has 0 radical (unpaired) electrons. The average Bonchev–Trinajstić information content (AvgIpc) is 3.12. The summed E-state index contributed by atoms with van der Waals surface area (Å²) in [6.45, 7) is 5.43. The molecule has 0 unspecified atom stereocenters. The summed E-state index contributed by atoms with van der Waals surface area (Å²) in [6.07, 6.45) is 12.9. The Morgan fingerprint density at radius 1 is 1.23 bits per heavy atom. The van der Waals surface area contributed by atoms with Crippen LogP contribution in [0, 0.1) is 5.41 Å². The van der Waals surface area contributed by atoms with E-state index < -0.39 is 0 Å². The highest BCUT2D eigenvalue weighted by Gasteiger charge is 2.35. The highest BCUT2D eigenvalue weighted by atomic mass is 35.5. The summed E-state index contributed by atoms with van der Waals surface area (Å²) in [5.41, 5.74) is 7.46. The number of aryl methyl sites for hydroxylation is 1. The molecule has 1 aliphatic heterocycles. The van der Waals surface area contributed by atoms with Crippen molar-refractivity contribution >= 4 is 30.7 Å². The maximum Gasteiger partial charge on any atom is 0.223 e. The third-order valence-corrected chi connectivity index (χ3v) is 6.17. The predicted octanol–water partition coefficient (Wildman–Crippen LogP) is 3.75. The first-order valence-corrected chi connectivity index (χ1v) is 9.66. The molecule has 0 atom stereocenters. The largest absolute Gasteiger partial charge is 0.343 e. The Morgan fingerprint density at radius 3 is 2.42 bits per heavy atom. The van der Waals surface area contributed by atoms with Gasteiger partial charge in [-0.3, -0.25) is 9.48 Å². The highest BCUT2D eigenvalue weighted by Crippen LogP contribution is 2.39. The van der Waals surface area contributed by atoms with E-state index >= 15 is 0 Å². The number of amides is 1.